The van der Waals surface area contributed by atoms with Crippen LogP contribution in [0.2, 0.25) is 0 Å². The van der Waals surface area contributed by atoms with E-state index in [-0.39, 0.29) is 0 Å². The first kappa shape index (κ1) is 7.72. The highest BCUT2D eigenvalue weighted by Crippen LogP contribution is 2.20. The van der Waals surface area contributed by atoms with E-state index < -0.39 is 0 Å². The quantitative estimate of drug-likeness (QED) is 0.516. The van der Waals surface area contributed by atoms with Gasteiger partial charge < -0.3 is 0 Å². The Labute approximate surface area is 65.0 Å². The molecule has 0 aliphatic rings. The van der Waals surface area contributed by atoms with Crippen molar-refractivity contribution < 1.29 is 0 Å². The summed E-state index contributed by atoms with van der Waals surface area (Å²) in [5, 5.41) is 2.06. The smallest absolute Gasteiger partial charge is 0.0550 e. The van der Waals surface area contributed by atoms with Crippen molar-refractivity contribution in [1.29, 1.82) is 0 Å². The van der Waals surface area contributed by atoms with E-state index in [1.165, 1.54) is 4.88 Å². The Morgan fingerprint density at radius 2 is 2.60 bits per heavy atom. The molecule has 0 radical (unpaired) electrons. The maximum atomic E-state index is 5.33. The zero-order valence-corrected chi connectivity index (χ0v) is 6.82. The first-order chi connectivity index (χ1) is 4.88. The normalized spacial score (nSPS) is 13.4. The van der Waals surface area contributed by atoms with Crippen LogP contribution >= 0.6 is 11.3 Å². The third-order valence-electron chi connectivity index (χ3n) is 1.50. The van der Waals surface area contributed by atoms with Gasteiger partial charge in [-0.2, -0.15) is 0 Å². The van der Waals surface area contributed by atoms with Crippen LogP contribution in [0.4, 0.5) is 0 Å². The summed E-state index contributed by atoms with van der Waals surface area (Å²) in [4.78, 5) is 1.31. The molecule has 3 N–H and O–H groups in total. The minimum absolute atomic E-state index is 0.333. The van der Waals surface area contributed by atoms with E-state index in [0.29, 0.717) is 6.04 Å². The maximum absolute atomic E-state index is 5.33. The highest BCUT2D eigenvalue weighted by Gasteiger charge is 2.05. The molecule has 10 heavy (non-hydrogen) atoms. The molecule has 0 aliphatic carbocycles. The SMILES string of the molecule is CC[C@H](NN)c1cccs1. The van der Waals surface area contributed by atoms with Gasteiger partial charge in [-0.25, -0.2) is 0 Å². The van der Waals surface area contributed by atoms with Gasteiger partial charge in [-0.15, -0.1) is 11.3 Å². The molecule has 2 nitrogen and oxygen atoms in total. The summed E-state index contributed by atoms with van der Waals surface area (Å²) < 4.78 is 0. The summed E-state index contributed by atoms with van der Waals surface area (Å²) in [5.41, 5.74) is 2.76. The predicted molar refractivity (Wildman–Crippen MR) is 44.7 cm³/mol. The van der Waals surface area contributed by atoms with Crippen LogP contribution in [0, 0.1) is 0 Å². The molecule has 0 aromatic carbocycles. The molecule has 3 heteroatoms. The van der Waals surface area contributed by atoms with Gasteiger partial charge in [0.05, 0.1) is 6.04 Å². The zero-order valence-electron chi connectivity index (χ0n) is 6.00. The number of hydrogen-bond donors (Lipinski definition) is 2. The fourth-order valence-electron chi connectivity index (χ4n) is 0.891. The lowest BCUT2D eigenvalue weighted by Crippen LogP contribution is -2.26. The second-order valence-electron chi connectivity index (χ2n) is 2.14. The van der Waals surface area contributed by atoms with Gasteiger partial charge in [-0.3, -0.25) is 11.3 Å². The Bertz CT molecular complexity index is 168. The Morgan fingerprint density at radius 3 is 3.00 bits per heavy atom. The van der Waals surface area contributed by atoms with E-state index in [1.807, 2.05) is 6.07 Å². The molecule has 56 valence electrons. The molecular formula is C7H12N2S. The third-order valence-corrected chi connectivity index (χ3v) is 2.48. The predicted octanol–water partition coefficient (Wildman–Crippen LogP) is 1.66. The van der Waals surface area contributed by atoms with Crippen LogP contribution in [0.15, 0.2) is 17.5 Å². The van der Waals surface area contributed by atoms with E-state index in [2.05, 4.69) is 23.8 Å². The first-order valence-electron chi connectivity index (χ1n) is 3.38. The first-order valence-corrected chi connectivity index (χ1v) is 4.26. The Morgan fingerprint density at radius 1 is 1.80 bits per heavy atom. The molecule has 0 amide bonds. The highest BCUT2D eigenvalue weighted by molar-refractivity contribution is 7.10. The van der Waals surface area contributed by atoms with E-state index >= 15 is 0 Å². The number of nitrogens with one attached hydrogen (secondary N) is 1. The maximum Gasteiger partial charge on any atom is 0.0550 e. The van der Waals surface area contributed by atoms with Crippen LogP contribution in [0.3, 0.4) is 0 Å². The Kier molecular flexibility index (Phi) is 2.86. The van der Waals surface area contributed by atoms with Crippen molar-refractivity contribution in [2.45, 2.75) is 19.4 Å². The second kappa shape index (κ2) is 3.71. The summed E-state index contributed by atoms with van der Waals surface area (Å²) in [6.07, 6.45) is 1.04. The largest absolute Gasteiger partial charge is 0.271 e. The second-order valence-corrected chi connectivity index (χ2v) is 3.12. The van der Waals surface area contributed by atoms with Gasteiger partial charge in [-0.1, -0.05) is 13.0 Å². The molecule has 1 aromatic heterocycles. The van der Waals surface area contributed by atoms with Crippen molar-refractivity contribution in [2.75, 3.05) is 0 Å². The van der Waals surface area contributed by atoms with Gasteiger partial charge in [0.2, 0.25) is 0 Å². The highest BCUT2D eigenvalue weighted by atomic mass is 32.1. The summed E-state index contributed by atoms with van der Waals surface area (Å²) >= 11 is 1.74. The van der Waals surface area contributed by atoms with Crippen molar-refractivity contribution in [1.82, 2.24) is 5.43 Å². The number of nitrogens with two attached hydrogens (primary N) is 1. The Balaban J connectivity index is 2.64. The molecule has 0 spiro atoms. The van der Waals surface area contributed by atoms with Crippen LogP contribution in [-0.2, 0) is 0 Å². The molecular weight excluding hydrogens is 144 g/mol. The third kappa shape index (κ3) is 1.56. The van der Waals surface area contributed by atoms with Crippen molar-refractivity contribution in [3.05, 3.63) is 22.4 Å². The summed E-state index contributed by atoms with van der Waals surface area (Å²) in [6, 6.07) is 4.47. The molecule has 1 rings (SSSR count). The van der Waals surface area contributed by atoms with Gasteiger partial charge in [0, 0.05) is 4.88 Å². The topological polar surface area (TPSA) is 38.0 Å². The molecule has 1 heterocycles. The zero-order chi connectivity index (χ0) is 7.40. The van der Waals surface area contributed by atoms with Crippen LogP contribution in [-0.4, -0.2) is 0 Å². The van der Waals surface area contributed by atoms with Crippen molar-refractivity contribution in [3.63, 3.8) is 0 Å². The van der Waals surface area contributed by atoms with Gasteiger partial charge in [0.1, 0.15) is 0 Å². The lowest BCUT2D eigenvalue weighted by molar-refractivity contribution is 0.547. The van der Waals surface area contributed by atoms with E-state index in [1.54, 1.807) is 11.3 Å². The van der Waals surface area contributed by atoms with Crippen molar-refractivity contribution in [3.8, 4) is 0 Å². The molecule has 1 aromatic rings. The van der Waals surface area contributed by atoms with Gasteiger partial charge in [-0.05, 0) is 17.9 Å². The Hall–Kier alpha value is -0.380. The average Bonchev–Trinajstić information content (AvgIpc) is 2.43. The fourth-order valence-corrected chi connectivity index (χ4v) is 1.76. The average molecular weight is 156 g/mol. The molecule has 0 aliphatic heterocycles. The lowest BCUT2D eigenvalue weighted by atomic mass is 10.2. The molecule has 0 saturated carbocycles. The van der Waals surface area contributed by atoms with E-state index in [4.69, 9.17) is 5.84 Å². The van der Waals surface area contributed by atoms with Crippen molar-refractivity contribution in [2.24, 2.45) is 5.84 Å². The van der Waals surface area contributed by atoms with Crippen LogP contribution < -0.4 is 11.3 Å². The van der Waals surface area contributed by atoms with Gasteiger partial charge in [0.25, 0.3) is 0 Å². The minimum atomic E-state index is 0.333. The fraction of sp³-hybridized carbons (Fsp3) is 0.429. The van der Waals surface area contributed by atoms with Crippen LogP contribution in [0.1, 0.15) is 24.3 Å². The summed E-state index contributed by atoms with van der Waals surface area (Å²) in [6.45, 7) is 2.12. The molecule has 1 atom stereocenters. The molecule has 0 fully saturated rings. The number of hydrogen-bond acceptors (Lipinski definition) is 3. The van der Waals surface area contributed by atoms with Gasteiger partial charge in [0.15, 0.2) is 0 Å². The number of rotatable bonds is 3. The number of hydrazine groups is 1. The number of thiophene rings is 1. The molecule has 0 bridgehead atoms. The summed E-state index contributed by atoms with van der Waals surface area (Å²) in [5.74, 6) is 5.33. The van der Waals surface area contributed by atoms with Crippen LogP contribution in [0.5, 0.6) is 0 Å². The standard InChI is InChI=1S/C7H12N2S/c1-2-6(9-8)7-4-3-5-10-7/h3-6,9H,2,8H2,1H3/t6-/m0/s1. The summed E-state index contributed by atoms with van der Waals surface area (Å²) in [7, 11) is 0. The van der Waals surface area contributed by atoms with Crippen molar-refractivity contribution >= 4 is 11.3 Å². The minimum Gasteiger partial charge on any atom is -0.271 e. The molecule has 0 unspecified atom stereocenters. The lowest BCUT2D eigenvalue weighted by Gasteiger charge is -2.09. The van der Waals surface area contributed by atoms with Gasteiger partial charge >= 0.3 is 0 Å². The monoisotopic (exact) mass is 156 g/mol. The van der Waals surface area contributed by atoms with Crippen LogP contribution in [0.25, 0.3) is 0 Å². The van der Waals surface area contributed by atoms with E-state index in [0.717, 1.165) is 6.42 Å². The molecule has 0 saturated heterocycles. The van der Waals surface area contributed by atoms with E-state index in [9.17, 15) is 0 Å².